The van der Waals surface area contributed by atoms with Gasteiger partial charge in [-0.3, -0.25) is 0 Å². The number of likely N-dealkylation sites (N-methyl/N-ethyl adjacent to an activating group) is 1. The molecule has 0 aliphatic heterocycles. The molecule has 110 valence electrons. The highest BCUT2D eigenvalue weighted by Gasteiger charge is 2.11. The molecule has 0 fully saturated rings. The van der Waals surface area contributed by atoms with Gasteiger partial charge in [-0.2, -0.15) is 0 Å². The van der Waals surface area contributed by atoms with E-state index in [9.17, 15) is 0 Å². The average Bonchev–Trinajstić information content (AvgIpc) is 2.77. The zero-order valence-corrected chi connectivity index (χ0v) is 13.5. The van der Waals surface area contributed by atoms with E-state index in [1.54, 1.807) is 0 Å². The second-order valence-electron chi connectivity index (χ2n) is 5.14. The lowest BCUT2D eigenvalue weighted by molar-refractivity contribution is 0.290. The molecule has 0 radical (unpaired) electrons. The van der Waals surface area contributed by atoms with Gasteiger partial charge in [-0.15, -0.1) is 11.6 Å². The van der Waals surface area contributed by atoms with E-state index in [0.29, 0.717) is 5.88 Å². The number of alkyl halides is 1. The predicted octanol–water partition coefficient (Wildman–Crippen LogP) is 3.47. The summed E-state index contributed by atoms with van der Waals surface area (Å²) in [5, 5.41) is 0. The summed E-state index contributed by atoms with van der Waals surface area (Å²) in [6.07, 6.45) is 0.827. The first-order chi connectivity index (χ1) is 9.69. The van der Waals surface area contributed by atoms with E-state index < -0.39 is 0 Å². The molecule has 20 heavy (non-hydrogen) atoms. The fourth-order valence-corrected chi connectivity index (χ4v) is 2.76. The van der Waals surface area contributed by atoms with Crippen molar-refractivity contribution < 1.29 is 0 Å². The largest absolute Gasteiger partial charge is 0.327 e. The predicted molar refractivity (Wildman–Crippen MR) is 86.7 cm³/mol. The van der Waals surface area contributed by atoms with Gasteiger partial charge in [-0.1, -0.05) is 19.9 Å². The van der Waals surface area contributed by atoms with Gasteiger partial charge in [-0.05, 0) is 37.7 Å². The minimum Gasteiger partial charge on any atom is -0.327 e. The van der Waals surface area contributed by atoms with Crippen molar-refractivity contribution in [2.45, 2.75) is 33.7 Å². The maximum Gasteiger partial charge on any atom is 0.111 e. The highest BCUT2D eigenvalue weighted by Crippen LogP contribution is 2.18. The number of halogens is 1. The highest BCUT2D eigenvalue weighted by molar-refractivity contribution is 6.17. The Morgan fingerprint density at radius 2 is 2.00 bits per heavy atom. The molecule has 0 saturated carbocycles. The van der Waals surface area contributed by atoms with Crippen LogP contribution in [0.4, 0.5) is 0 Å². The summed E-state index contributed by atoms with van der Waals surface area (Å²) in [6, 6.07) is 6.49. The molecule has 1 aromatic carbocycles. The molecule has 0 atom stereocenters. The van der Waals surface area contributed by atoms with Gasteiger partial charge in [0.05, 0.1) is 11.0 Å². The third kappa shape index (κ3) is 3.33. The van der Waals surface area contributed by atoms with E-state index in [-0.39, 0.29) is 0 Å². The van der Waals surface area contributed by atoms with E-state index in [2.05, 4.69) is 48.4 Å². The van der Waals surface area contributed by atoms with Crippen LogP contribution in [0, 0.1) is 6.92 Å². The van der Waals surface area contributed by atoms with Gasteiger partial charge >= 0.3 is 0 Å². The van der Waals surface area contributed by atoms with E-state index in [4.69, 9.17) is 16.6 Å². The molecule has 0 saturated heterocycles. The van der Waals surface area contributed by atoms with Crippen LogP contribution in [-0.2, 0) is 13.0 Å². The molecular weight excluding hydrogens is 270 g/mol. The van der Waals surface area contributed by atoms with Gasteiger partial charge in [0.1, 0.15) is 5.82 Å². The van der Waals surface area contributed by atoms with Crippen LogP contribution in [0.5, 0.6) is 0 Å². The normalized spacial score (nSPS) is 11.7. The molecule has 0 aliphatic rings. The Morgan fingerprint density at radius 1 is 1.25 bits per heavy atom. The Hall–Kier alpha value is -1.06. The standard InChI is InChI=1S/C16H24ClN3/c1-4-19(5-2)10-11-20-15-7-6-13(3)12-14(15)18-16(20)8-9-17/h6-7,12H,4-5,8-11H2,1-3H3. The molecule has 1 aromatic heterocycles. The SMILES string of the molecule is CCN(CC)CCn1c(CCCl)nc2cc(C)ccc21. The Labute approximate surface area is 126 Å². The topological polar surface area (TPSA) is 21.1 Å². The van der Waals surface area contributed by atoms with Gasteiger partial charge in [0.2, 0.25) is 0 Å². The number of hydrogen-bond acceptors (Lipinski definition) is 2. The van der Waals surface area contributed by atoms with Crippen LogP contribution in [0.15, 0.2) is 18.2 Å². The third-order valence-electron chi connectivity index (χ3n) is 3.84. The van der Waals surface area contributed by atoms with E-state index in [0.717, 1.165) is 43.9 Å². The quantitative estimate of drug-likeness (QED) is 0.729. The summed E-state index contributed by atoms with van der Waals surface area (Å²) < 4.78 is 2.33. The van der Waals surface area contributed by atoms with Gasteiger partial charge in [0.15, 0.2) is 0 Å². The Kier molecular flexibility index (Phi) is 5.44. The first-order valence-electron chi connectivity index (χ1n) is 7.43. The van der Waals surface area contributed by atoms with Crippen LogP contribution < -0.4 is 0 Å². The van der Waals surface area contributed by atoms with E-state index >= 15 is 0 Å². The fourth-order valence-electron chi connectivity index (χ4n) is 2.60. The average molecular weight is 294 g/mol. The molecule has 2 rings (SSSR count). The summed E-state index contributed by atoms with van der Waals surface area (Å²) >= 11 is 5.92. The van der Waals surface area contributed by atoms with Crippen LogP contribution in [0.25, 0.3) is 11.0 Å². The second kappa shape index (κ2) is 7.09. The number of hydrogen-bond donors (Lipinski definition) is 0. The van der Waals surface area contributed by atoms with Crippen LogP contribution >= 0.6 is 11.6 Å². The van der Waals surface area contributed by atoms with Crippen molar-refractivity contribution in [3.05, 3.63) is 29.6 Å². The van der Waals surface area contributed by atoms with E-state index in [1.165, 1.54) is 11.1 Å². The first-order valence-corrected chi connectivity index (χ1v) is 7.97. The van der Waals surface area contributed by atoms with Gasteiger partial charge in [-0.25, -0.2) is 4.98 Å². The summed E-state index contributed by atoms with van der Waals surface area (Å²) in [5.41, 5.74) is 3.57. The Bertz CT molecular complexity index is 558. The number of nitrogens with zero attached hydrogens (tertiary/aromatic N) is 3. The second-order valence-corrected chi connectivity index (χ2v) is 5.52. The summed E-state index contributed by atoms with van der Waals surface area (Å²) in [4.78, 5) is 7.19. The number of benzene rings is 1. The van der Waals surface area contributed by atoms with Crippen molar-refractivity contribution in [3.63, 3.8) is 0 Å². The maximum absolute atomic E-state index is 5.92. The van der Waals surface area contributed by atoms with Gasteiger partial charge < -0.3 is 9.47 Å². The maximum atomic E-state index is 5.92. The smallest absolute Gasteiger partial charge is 0.111 e. The van der Waals surface area contributed by atoms with Crippen molar-refractivity contribution in [1.82, 2.24) is 14.5 Å². The first kappa shape index (κ1) is 15.3. The number of fused-ring (bicyclic) bond motifs is 1. The molecule has 4 heteroatoms. The summed E-state index contributed by atoms with van der Waals surface area (Å²) in [7, 11) is 0. The molecule has 0 bridgehead atoms. The van der Waals surface area contributed by atoms with Crippen molar-refractivity contribution in [2.75, 3.05) is 25.5 Å². The highest BCUT2D eigenvalue weighted by atomic mass is 35.5. The lowest BCUT2D eigenvalue weighted by atomic mass is 10.2. The fraction of sp³-hybridized carbons (Fsp3) is 0.562. The Balaban J connectivity index is 2.30. The lowest BCUT2D eigenvalue weighted by Gasteiger charge is -2.19. The van der Waals surface area contributed by atoms with E-state index in [1.807, 2.05) is 0 Å². The van der Waals surface area contributed by atoms with Crippen molar-refractivity contribution in [1.29, 1.82) is 0 Å². The molecule has 3 nitrogen and oxygen atoms in total. The zero-order valence-electron chi connectivity index (χ0n) is 12.7. The van der Waals surface area contributed by atoms with Crippen LogP contribution in [0.2, 0.25) is 0 Å². The molecule has 0 N–H and O–H groups in total. The monoisotopic (exact) mass is 293 g/mol. The molecule has 0 amide bonds. The summed E-state index contributed by atoms with van der Waals surface area (Å²) in [5.74, 6) is 1.72. The number of aromatic nitrogens is 2. The molecule has 0 unspecified atom stereocenters. The number of imidazole rings is 1. The van der Waals surface area contributed by atoms with Crippen LogP contribution in [-0.4, -0.2) is 40.0 Å². The van der Waals surface area contributed by atoms with Crippen molar-refractivity contribution >= 4 is 22.6 Å². The molecule has 1 heterocycles. The van der Waals surface area contributed by atoms with Crippen molar-refractivity contribution in [3.8, 4) is 0 Å². The molecule has 0 aliphatic carbocycles. The zero-order chi connectivity index (χ0) is 14.5. The van der Waals surface area contributed by atoms with Crippen molar-refractivity contribution in [2.24, 2.45) is 0 Å². The minimum atomic E-state index is 0.619. The van der Waals surface area contributed by atoms with Gasteiger partial charge in [0, 0.05) is 25.4 Å². The number of rotatable bonds is 7. The van der Waals surface area contributed by atoms with Crippen LogP contribution in [0.3, 0.4) is 0 Å². The van der Waals surface area contributed by atoms with Gasteiger partial charge in [0.25, 0.3) is 0 Å². The number of aryl methyl sites for hydroxylation is 2. The molecule has 0 spiro atoms. The van der Waals surface area contributed by atoms with Crippen LogP contribution in [0.1, 0.15) is 25.2 Å². The molecule has 2 aromatic rings. The molecular formula is C16H24ClN3. The third-order valence-corrected chi connectivity index (χ3v) is 4.02. The Morgan fingerprint density at radius 3 is 2.65 bits per heavy atom. The lowest BCUT2D eigenvalue weighted by Crippen LogP contribution is -2.27. The summed E-state index contributed by atoms with van der Waals surface area (Å²) in [6.45, 7) is 10.7. The minimum absolute atomic E-state index is 0.619.